The maximum Gasteiger partial charge on any atom is 0.224 e. The molecule has 0 aliphatic heterocycles. The third-order valence-corrected chi connectivity index (χ3v) is 4.20. The normalized spacial score (nSPS) is 21.8. The molecule has 0 spiro atoms. The number of anilines is 2. The zero-order valence-corrected chi connectivity index (χ0v) is 12.5. The first-order valence-corrected chi connectivity index (χ1v) is 7.57. The van der Waals surface area contributed by atoms with E-state index in [1.807, 2.05) is 25.1 Å². The molecule has 1 aliphatic carbocycles. The van der Waals surface area contributed by atoms with Crippen LogP contribution in [0.2, 0.25) is 5.02 Å². The number of carbonyl (C=O) groups excluding carboxylic acids is 1. The Balaban J connectivity index is 2.10. The molecule has 2 atom stereocenters. The maximum atomic E-state index is 11.4. The lowest BCUT2D eigenvalue weighted by atomic mass is 10.0. The minimum absolute atomic E-state index is 0.000950. The van der Waals surface area contributed by atoms with Crippen LogP contribution in [0.25, 0.3) is 0 Å². The highest BCUT2D eigenvalue weighted by molar-refractivity contribution is 6.33. The van der Waals surface area contributed by atoms with Crippen molar-refractivity contribution in [2.24, 2.45) is 11.7 Å². The van der Waals surface area contributed by atoms with Gasteiger partial charge in [-0.05, 0) is 43.5 Å². The van der Waals surface area contributed by atoms with Gasteiger partial charge in [-0.3, -0.25) is 4.79 Å². The molecule has 1 saturated carbocycles. The van der Waals surface area contributed by atoms with Gasteiger partial charge in [0.15, 0.2) is 0 Å². The van der Waals surface area contributed by atoms with E-state index in [0.29, 0.717) is 29.9 Å². The molecule has 2 unspecified atom stereocenters. The second kappa shape index (κ2) is 6.95. The molecule has 0 saturated heterocycles. The zero-order chi connectivity index (χ0) is 14.5. The van der Waals surface area contributed by atoms with Gasteiger partial charge in [0.25, 0.3) is 0 Å². The fourth-order valence-corrected chi connectivity index (χ4v) is 2.84. The molecule has 0 bridgehead atoms. The summed E-state index contributed by atoms with van der Waals surface area (Å²) < 4.78 is 0. The van der Waals surface area contributed by atoms with Crippen molar-refractivity contribution in [1.29, 1.82) is 0 Å². The van der Waals surface area contributed by atoms with Crippen LogP contribution in [0.3, 0.4) is 0 Å². The van der Waals surface area contributed by atoms with E-state index in [0.717, 1.165) is 24.2 Å². The van der Waals surface area contributed by atoms with Gasteiger partial charge in [0.2, 0.25) is 5.91 Å². The van der Waals surface area contributed by atoms with E-state index >= 15 is 0 Å². The monoisotopic (exact) mass is 295 g/mol. The van der Waals surface area contributed by atoms with Gasteiger partial charge in [-0.25, -0.2) is 0 Å². The van der Waals surface area contributed by atoms with Crippen LogP contribution in [0.4, 0.5) is 11.4 Å². The lowest BCUT2D eigenvalue weighted by Crippen LogP contribution is -2.29. The molecule has 1 aliphatic rings. The van der Waals surface area contributed by atoms with Crippen LogP contribution in [-0.2, 0) is 4.79 Å². The second-order valence-corrected chi connectivity index (χ2v) is 5.68. The van der Waals surface area contributed by atoms with E-state index in [4.69, 9.17) is 17.3 Å². The van der Waals surface area contributed by atoms with Crippen LogP contribution in [0.1, 0.15) is 32.6 Å². The fraction of sp³-hybridized carbons (Fsp3) is 0.533. The first-order chi connectivity index (χ1) is 9.63. The third kappa shape index (κ3) is 3.64. The predicted octanol–water partition coefficient (Wildman–Crippen LogP) is 3.23. The predicted molar refractivity (Wildman–Crippen MR) is 84.2 cm³/mol. The Morgan fingerprint density at radius 3 is 2.95 bits per heavy atom. The van der Waals surface area contributed by atoms with Crippen molar-refractivity contribution in [2.75, 3.05) is 17.2 Å². The number of benzene rings is 1. The summed E-state index contributed by atoms with van der Waals surface area (Å²) in [7, 11) is 0. The highest BCUT2D eigenvalue weighted by atomic mass is 35.5. The Morgan fingerprint density at radius 2 is 2.25 bits per heavy atom. The Kier molecular flexibility index (Phi) is 5.26. The molecule has 5 heteroatoms. The molecule has 1 aromatic carbocycles. The Hall–Kier alpha value is -1.26. The minimum Gasteiger partial charge on any atom is -0.381 e. The standard InChI is InChI=1S/C15H22ClN3O/c1-2-15(20)18-11-6-7-12(16)14(8-11)19-13-5-3-4-10(13)9-17/h6-8,10,13,19H,2-5,9,17H2,1H3,(H,18,20). The molecular weight excluding hydrogens is 274 g/mol. The summed E-state index contributed by atoms with van der Waals surface area (Å²) in [5.74, 6) is 0.499. The van der Waals surface area contributed by atoms with Crippen molar-refractivity contribution in [1.82, 2.24) is 0 Å². The van der Waals surface area contributed by atoms with E-state index < -0.39 is 0 Å². The summed E-state index contributed by atoms with van der Waals surface area (Å²) in [6.07, 6.45) is 3.94. The highest BCUT2D eigenvalue weighted by Crippen LogP contribution is 2.32. The Bertz CT molecular complexity index is 478. The van der Waals surface area contributed by atoms with Gasteiger partial charge in [0, 0.05) is 18.2 Å². The van der Waals surface area contributed by atoms with Gasteiger partial charge in [-0.2, -0.15) is 0 Å². The van der Waals surface area contributed by atoms with Gasteiger partial charge in [0.05, 0.1) is 10.7 Å². The number of nitrogens with one attached hydrogen (secondary N) is 2. The molecule has 0 radical (unpaired) electrons. The highest BCUT2D eigenvalue weighted by Gasteiger charge is 2.26. The number of halogens is 1. The SMILES string of the molecule is CCC(=O)Nc1ccc(Cl)c(NC2CCCC2CN)c1. The summed E-state index contributed by atoms with van der Waals surface area (Å²) >= 11 is 6.23. The first kappa shape index (κ1) is 15.1. The summed E-state index contributed by atoms with van der Waals surface area (Å²) in [5, 5.41) is 6.99. The van der Waals surface area contributed by atoms with Gasteiger partial charge in [0.1, 0.15) is 0 Å². The quantitative estimate of drug-likeness (QED) is 0.781. The summed E-state index contributed by atoms with van der Waals surface area (Å²) in [6.45, 7) is 2.52. The number of hydrogen-bond acceptors (Lipinski definition) is 3. The number of hydrogen-bond donors (Lipinski definition) is 3. The fourth-order valence-electron chi connectivity index (χ4n) is 2.67. The van der Waals surface area contributed by atoms with E-state index in [1.54, 1.807) is 0 Å². The van der Waals surface area contributed by atoms with E-state index in [1.165, 1.54) is 6.42 Å². The van der Waals surface area contributed by atoms with Crippen molar-refractivity contribution in [3.8, 4) is 0 Å². The molecule has 1 fully saturated rings. The van der Waals surface area contributed by atoms with Gasteiger partial charge in [-0.15, -0.1) is 0 Å². The van der Waals surface area contributed by atoms with Crippen LogP contribution >= 0.6 is 11.6 Å². The maximum absolute atomic E-state index is 11.4. The second-order valence-electron chi connectivity index (χ2n) is 5.27. The number of nitrogens with two attached hydrogens (primary N) is 1. The number of carbonyl (C=O) groups is 1. The molecule has 0 aromatic heterocycles. The summed E-state index contributed by atoms with van der Waals surface area (Å²) in [5.41, 5.74) is 7.44. The first-order valence-electron chi connectivity index (χ1n) is 7.20. The van der Waals surface area contributed by atoms with Crippen LogP contribution in [0, 0.1) is 5.92 Å². The topological polar surface area (TPSA) is 67.2 Å². The smallest absolute Gasteiger partial charge is 0.224 e. The lowest BCUT2D eigenvalue weighted by Gasteiger charge is -2.22. The van der Waals surface area contributed by atoms with Gasteiger partial charge < -0.3 is 16.4 Å². The van der Waals surface area contributed by atoms with Crippen molar-refractivity contribution >= 4 is 28.9 Å². The summed E-state index contributed by atoms with van der Waals surface area (Å²) in [4.78, 5) is 11.4. The summed E-state index contributed by atoms with van der Waals surface area (Å²) in [6, 6.07) is 5.88. The van der Waals surface area contributed by atoms with E-state index in [-0.39, 0.29) is 5.91 Å². The van der Waals surface area contributed by atoms with Crippen LogP contribution in [-0.4, -0.2) is 18.5 Å². The molecular formula is C15H22ClN3O. The minimum atomic E-state index is -0.000950. The van der Waals surface area contributed by atoms with Crippen molar-refractivity contribution < 1.29 is 4.79 Å². The third-order valence-electron chi connectivity index (χ3n) is 3.87. The molecule has 2 rings (SSSR count). The van der Waals surface area contributed by atoms with Crippen molar-refractivity contribution in [2.45, 2.75) is 38.6 Å². The molecule has 1 aromatic rings. The molecule has 1 amide bonds. The molecule has 110 valence electrons. The van der Waals surface area contributed by atoms with Gasteiger partial charge >= 0.3 is 0 Å². The Morgan fingerprint density at radius 1 is 1.45 bits per heavy atom. The van der Waals surface area contributed by atoms with Crippen molar-refractivity contribution in [3.63, 3.8) is 0 Å². The van der Waals surface area contributed by atoms with E-state index in [2.05, 4.69) is 10.6 Å². The van der Waals surface area contributed by atoms with Crippen LogP contribution < -0.4 is 16.4 Å². The zero-order valence-electron chi connectivity index (χ0n) is 11.8. The van der Waals surface area contributed by atoms with Crippen LogP contribution in [0.15, 0.2) is 18.2 Å². The molecule has 20 heavy (non-hydrogen) atoms. The van der Waals surface area contributed by atoms with Crippen molar-refractivity contribution in [3.05, 3.63) is 23.2 Å². The largest absolute Gasteiger partial charge is 0.381 e. The lowest BCUT2D eigenvalue weighted by molar-refractivity contribution is -0.115. The number of rotatable bonds is 5. The van der Waals surface area contributed by atoms with Gasteiger partial charge in [-0.1, -0.05) is 24.9 Å². The molecule has 4 nitrogen and oxygen atoms in total. The average molecular weight is 296 g/mol. The number of amides is 1. The molecule has 0 heterocycles. The van der Waals surface area contributed by atoms with E-state index in [9.17, 15) is 4.79 Å². The average Bonchev–Trinajstić information content (AvgIpc) is 2.89. The van der Waals surface area contributed by atoms with Crippen LogP contribution in [0.5, 0.6) is 0 Å². The Labute approximate surface area is 125 Å². The molecule has 4 N–H and O–H groups in total.